The number of hydrogen-bond donors (Lipinski definition) is 0. The van der Waals surface area contributed by atoms with Crippen molar-refractivity contribution in [2.24, 2.45) is 0 Å². The van der Waals surface area contributed by atoms with E-state index < -0.39 is 9.84 Å². The molecular formula is C21H18Cl2N2O4S2. The smallest absolute Gasteiger partial charge is 0.266 e. The molecular weight excluding hydrogens is 479 g/mol. The van der Waals surface area contributed by atoms with Crippen LogP contribution in [0.5, 0.6) is 5.75 Å². The number of amides is 1. The first-order chi connectivity index (χ1) is 14.7. The van der Waals surface area contributed by atoms with Crippen LogP contribution >= 0.6 is 34.5 Å². The van der Waals surface area contributed by atoms with E-state index in [0.717, 1.165) is 11.8 Å². The summed E-state index contributed by atoms with van der Waals surface area (Å²) >= 11 is 13.4. The molecule has 0 saturated carbocycles. The number of anilines is 1. The van der Waals surface area contributed by atoms with Crippen molar-refractivity contribution in [3.05, 3.63) is 70.5 Å². The molecule has 0 unspecified atom stereocenters. The van der Waals surface area contributed by atoms with Gasteiger partial charge in [-0.1, -0.05) is 35.3 Å². The van der Waals surface area contributed by atoms with Gasteiger partial charge in [0, 0.05) is 23.7 Å². The van der Waals surface area contributed by atoms with Crippen LogP contribution in [-0.2, 0) is 14.6 Å². The van der Waals surface area contributed by atoms with Gasteiger partial charge in [-0.25, -0.2) is 13.4 Å². The fourth-order valence-corrected chi connectivity index (χ4v) is 4.39. The van der Waals surface area contributed by atoms with Gasteiger partial charge in [0.1, 0.15) is 5.75 Å². The summed E-state index contributed by atoms with van der Waals surface area (Å²) in [6.45, 7) is 3.71. The highest BCUT2D eigenvalue weighted by atomic mass is 35.5. The van der Waals surface area contributed by atoms with Crippen molar-refractivity contribution in [3.8, 4) is 17.0 Å². The molecule has 3 aromatic rings. The highest BCUT2D eigenvalue weighted by Gasteiger charge is 2.19. The lowest BCUT2D eigenvalue weighted by Crippen LogP contribution is -2.35. The molecule has 0 fully saturated rings. The summed E-state index contributed by atoms with van der Waals surface area (Å²) in [5.74, 6) is 0.0667. The number of halogens is 2. The van der Waals surface area contributed by atoms with Gasteiger partial charge < -0.3 is 4.74 Å². The summed E-state index contributed by atoms with van der Waals surface area (Å²) in [6.07, 6.45) is 2.72. The van der Waals surface area contributed by atoms with Gasteiger partial charge in [0.05, 0.1) is 20.6 Å². The number of aromatic nitrogens is 1. The summed E-state index contributed by atoms with van der Waals surface area (Å²) in [7, 11) is -3.30. The maximum Gasteiger partial charge on any atom is 0.266 e. The number of sulfone groups is 1. The van der Waals surface area contributed by atoms with Crippen LogP contribution in [0, 0.1) is 0 Å². The molecule has 162 valence electrons. The van der Waals surface area contributed by atoms with Crippen molar-refractivity contribution in [1.82, 2.24) is 4.98 Å². The maximum atomic E-state index is 12.8. The molecule has 0 N–H and O–H groups in total. The molecule has 31 heavy (non-hydrogen) atoms. The van der Waals surface area contributed by atoms with Gasteiger partial charge in [0.25, 0.3) is 5.91 Å². The normalized spacial score (nSPS) is 11.2. The molecule has 10 heteroatoms. The molecule has 1 aromatic heterocycles. The molecule has 0 aliphatic heterocycles. The molecule has 0 radical (unpaired) electrons. The van der Waals surface area contributed by atoms with Gasteiger partial charge in [0.2, 0.25) is 0 Å². The van der Waals surface area contributed by atoms with E-state index in [1.807, 2.05) is 5.38 Å². The zero-order valence-electron chi connectivity index (χ0n) is 16.4. The molecule has 0 aliphatic rings. The summed E-state index contributed by atoms with van der Waals surface area (Å²) in [6, 6.07) is 11.1. The van der Waals surface area contributed by atoms with Crippen LogP contribution in [-0.4, -0.2) is 38.7 Å². The Kier molecular flexibility index (Phi) is 7.38. The van der Waals surface area contributed by atoms with E-state index in [2.05, 4.69) is 11.6 Å². The number of ether oxygens (including phenoxy) is 1. The summed E-state index contributed by atoms with van der Waals surface area (Å²) in [4.78, 5) is 18.9. The quantitative estimate of drug-likeness (QED) is 0.404. The molecule has 0 saturated heterocycles. The molecule has 6 nitrogen and oxygen atoms in total. The van der Waals surface area contributed by atoms with Gasteiger partial charge in [-0.2, -0.15) is 0 Å². The molecule has 1 heterocycles. The van der Waals surface area contributed by atoms with Crippen LogP contribution in [0.1, 0.15) is 0 Å². The maximum absolute atomic E-state index is 12.8. The van der Waals surface area contributed by atoms with Gasteiger partial charge >= 0.3 is 0 Å². The Bertz CT molecular complexity index is 1210. The van der Waals surface area contributed by atoms with Gasteiger partial charge in [-0.05, 0) is 36.4 Å². The minimum absolute atomic E-state index is 0.178. The summed E-state index contributed by atoms with van der Waals surface area (Å²) in [5.41, 5.74) is 1.45. The average molecular weight is 497 g/mol. The molecule has 0 spiro atoms. The highest BCUT2D eigenvalue weighted by molar-refractivity contribution is 7.90. The molecule has 3 rings (SSSR count). The van der Waals surface area contributed by atoms with Crippen molar-refractivity contribution in [2.45, 2.75) is 4.90 Å². The first kappa shape index (κ1) is 23.3. The Hall–Kier alpha value is -2.39. The van der Waals surface area contributed by atoms with E-state index in [9.17, 15) is 13.2 Å². The van der Waals surface area contributed by atoms with E-state index in [1.165, 1.54) is 40.5 Å². The Balaban J connectivity index is 1.73. The van der Waals surface area contributed by atoms with Crippen LogP contribution in [0.3, 0.4) is 0 Å². The van der Waals surface area contributed by atoms with Crippen LogP contribution < -0.4 is 9.64 Å². The minimum Gasteiger partial charge on any atom is -0.484 e. The molecule has 1 amide bonds. The lowest BCUT2D eigenvalue weighted by atomic mass is 10.2. The van der Waals surface area contributed by atoms with Crippen molar-refractivity contribution >= 4 is 55.4 Å². The average Bonchev–Trinajstić information content (AvgIpc) is 3.21. The summed E-state index contributed by atoms with van der Waals surface area (Å²) in [5, 5.41) is 3.18. The van der Waals surface area contributed by atoms with E-state index in [1.54, 1.807) is 24.3 Å². The van der Waals surface area contributed by atoms with Crippen molar-refractivity contribution < 1.29 is 17.9 Å². The number of thiazole rings is 1. The van der Waals surface area contributed by atoms with E-state index in [4.69, 9.17) is 27.9 Å². The third kappa shape index (κ3) is 5.86. The first-order valence-electron chi connectivity index (χ1n) is 8.94. The molecule has 0 atom stereocenters. The lowest BCUT2D eigenvalue weighted by Gasteiger charge is -2.18. The SMILES string of the molecule is C=CCN(C(=O)COc1ccc(S(C)(=O)=O)cc1)c1nc(-c2ccc(Cl)c(Cl)c2)cs1. The van der Waals surface area contributed by atoms with Crippen LogP contribution in [0.25, 0.3) is 11.3 Å². The largest absolute Gasteiger partial charge is 0.484 e. The van der Waals surface area contributed by atoms with Gasteiger partial charge in [-0.15, -0.1) is 17.9 Å². The van der Waals surface area contributed by atoms with Crippen LogP contribution in [0.15, 0.2) is 65.4 Å². The second kappa shape index (κ2) is 9.82. The number of hydrogen-bond acceptors (Lipinski definition) is 6. The number of carbonyl (C=O) groups is 1. The van der Waals surface area contributed by atoms with Crippen LogP contribution in [0.2, 0.25) is 10.0 Å². The third-order valence-corrected chi connectivity index (χ3v) is 6.90. The van der Waals surface area contributed by atoms with Gasteiger partial charge in [-0.3, -0.25) is 9.69 Å². The monoisotopic (exact) mass is 496 g/mol. The predicted octanol–water partition coefficient (Wildman–Crippen LogP) is 5.12. The van der Waals surface area contributed by atoms with Crippen LogP contribution in [0.4, 0.5) is 5.13 Å². The number of benzene rings is 2. The number of rotatable bonds is 8. The highest BCUT2D eigenvalue weighted by Crippen LogP contribution is 2.31. The molecule has 2 aromatic carbocycles. The number of nitrogens with zero attached hydrogens (tertiary/aromatic N) is 2. The second-order valence-electron chi connectivity index (χ2n) is 6.47. The van der Waals surface area contributed by atoms with Gasteiger partial charge in [0.15, 0.2) is 21.6 Å². The van der Waals surface area contributed by atoms with Crippen molar-refractivity contribution in [1.29, 1.82) is 0 Å². The first-order valence-corrected chi connectivity index (χ1v) is 12.5. The molecule has 0 bridgehead atoms. The Labute approximate surface area is 194 Å². The Morgan fingerprint density at radius 1 is 1.19 bits per heavy atom. The lowest BCUT2D eigenvalue weighted by molar-refractivity contribution is -0.120. The van der Waals surface area contributed by atoms with Crippen molar-refractivity contribution in [3.63, 3.8) is 0 Å². The molecule has 0 aliphatic carbocycles. The second-order valence-corrected chi connectivity index (χ2v) is 10.1. The zero-order chi connectivity index (χ0) is 22.6. The van der Waals surface area contributed by atoms with E-state index in [-0.39, 0.29) is 24.0 Å². The Morgan fingerprint density at radius 3 is 2.52 bits per heavy atom. The zero-order valence-corrected chi connectivity index (χ0v) is 19.6. The Morgan fingerprint density at radius 2 is 1.90 bits per heavy atom. The topological polar surface area (TPSA) is 76.6 Å². The predicted molar refractivity (Wildman–Crippen MR) is 125 cm³/mol. The fraction of sp³-hybridized carbons (Fsp3) is 0.143. The van der Waals surface area contributed by atoms with E-state index in [0.29, 0.717) is 26.6 Å². The van der Waals surface area contributed by atoms with Crippen molar-refractivity contribution in [2.75, 3.05) is 24.3 Å². The fourth-order valence-electron chi connectivity index (χ4n) is 2.60. The van der Waals surface area contributed by atoms with E-state index >= 15 is 0 Å². The summed E-state index contributed by atoms with van der Waals surface area (Å²) < 4.78 is 28.6. The number of carbonyl (C=O) groups excluding carboxylic acids is 1. The minimum atomic E-state index is -3.30. The third-order valence-electron chi connectivity index (χ3n) is 4.17. The standard InChI is InChI=1S/C21H18Cl2N2O4S2/c1-3-10-25(20(26)12-29-15-5-7-16(8-6-15)31(2,27)28)21-24-19(13-30-21)14-4-9-17(22)18(23)11-14/h3-9,11,13H,1,10,12H2,2H3.